The molecule has 1 amide bonds. The summed E-state index contributed by atoms with van der Waals surface area (Å²) < 4.78 is 0. The molecule has 4 nitrogen and oxygen atoms in total. The minimum atomic E-state index is -0.191. The van der Waals surface area contributed by atoms with Gasteiger partial charge in [0.1, 0.15) is 0 Å². The number of hydrazone groups is 1. The van der Waals surface area contributed by atoms with E-state index >= 15 is 0 Å². The summed E-state index contributed by atoms with van der Waals surface area (Å²) in [4.78, 5) is 15.6. The van der Waals surface area contributed by atoms with E-state index < -0.39 is 0 Å². The predicted molar refractivity (Wildman–Crippen MR) is 66.8 cm³/mol. The van der Waals surface area contributed by atoms with Crippen molar-refractivity contribution < 1.29 is 4.79 Å². The van der Waals surface area contributed by atoms with E-state index in [0.717, 1.165) is 12.1 Å². The van der Waals surface area contributed by atoms with Crippen molar-refractivity contribution in [2.75, 3.05) is 0 Å². The molecule has 0 radical (unpaired) electrons. The molecule has 4 heteroatoms. The van der Waals surface area contributed by atoms with E-state index in [0.29, 0.717) is 11.5 Å². The zero-order valence-electron chi connectivity index (χ0n) is 10.0. The summed E-state index contributed by atoms with van der Waals surface area (Å²) in [6, 6.07) is 3.47. The fourth-order valence-electron chi connectivity index (χ4n) is 2.02. The molecule has 0 saturated heterocycles. The molecule has 0 bridgehead atoms. The summed E-state index contributed by atoms with van der Waals surface area (Å²) in [5.41, 5.74) is 4.26. The Balaban J connectivity index is 1.97. The fraction of sp³-hybridized carbons (Fsp3) is 0.462. The Morgan fingerprint density at radius 2 is 2.41 bits per heavy atom. The molecule has 1 heterocycles. The Bertz CT molecular complexity index is 414. The van der Waals surface area contributed by atoms with E-state index in [2.05, 4.69) is 22.4 Å². The molecule has 1 atom stereocenters. The van der Waals surface area contributed by atoms with Gasteiger partial charge in [-0.1, -0.05) is 13.3 Å². The van der Waals surface area contributed by atoms with E-state index in [-0.39, 0.29) is 5.91 Å². The Kier molecular flexibility index (Phi) is 3.85. The van der Waals surface area contributed by atoms with Gasteiger partial charge in [0.05, 0.1) is 5.56 Å². The fourth-order valence-corrected chi connectivity index (χ4v) is 2.02. The second kappa shape index (κ2) is 5.57. The van der Waals surface area contributed by atoms with Crippen LogP contribution < -0.4 is 5.43 Å². The van der Waals surface area contributed by atoms with Crippen molar-refractivity contribution in [2.24, 2.45) is 11.0 Å². The van der Waals surface area contributed by atoms with Crippen molar-refractivity contribution in [3.8, 4) is 0 Å². The highest BCUT2D eigenvalue weighted by Crippen LogP contribution is 2.20. The first-order valence-corrected chi connectivity index (χ1v) is 6.04. The number of rotatable bonds is 2. The molecule has 1 saturated carbocycles. The minimum absolute atomic E-state index is 0.191. The zero-order valence-corrected chi connectivity index (χ0v) is 10.0. The first-order valence-electron chi connectivity index (χ1n) is 6.04. The van der Waals surface area contributed by atoms with E-state index in [1.54, 1.807) is 24.5 Å². The van der Waals surface area contributed by atoms with E-state index in [9.17, 15) is 4.79 Å². The minimum Gasteiger partial charge on any atom is -0.267 e. The largest absolute Gasteiger partial charge is 0.272 e. The highest BCUT2D eigenvalue weighted by atomic mass is 16.2. The van der Waals surface area contributed by atoms with Crippen LogP contribution in [0, 0.1) is 5.92 Å². The molecular formula is C13H17N3O. The summed E-state index contributed by atoms with van der Waals surface area (Å²) >= 11 is 0. The van der Waals surface area contributed by atoms with Gasteiger partial charge >= 0.3 is 0 Å². The SMILES string of the molecule is CC1CCCCC1=NNC(=O)c1cccnc1. The van der Waals surface area contributed by atoms with Crippen molar-refractivity contribution in [1.82, 2.24) is 10.4 Å². The number of pyridine rings is 1. The molecule has 0 aliphatic heterocycles. The van der Waals surface area contributed by atoms with Gasteiger partial charge in [-0.25, -0.2) is 5.43 Å². The third kappa shape index (κ3) is 3.12. The number of hydrogen-bond acceptors (Lipinski definition) is 3. The van der Waals surface area contributed by atoms with Crippen LogP contribution in [0.2, 0.25) is 0 Å². The lowest BCUT2D eigenvalue weighted by atomic mass is 9.89. The van der Waals surface area contributed by atoms with Gasteiger partial charge in [0, 0.05) is 18.1 Å². The van der Waals surface area contributed by atoms with Gasteiger partial charge in [-0.3, -0.25) is 9.78 Å². The number of carbonyl (C=O) groups is 1. The molecule has 2 rings (SSSR count). The first kappa shape index (κ1) is 11.8. The van der Waals surface area contributed by atoms with Gasteiger partial charge in [-0.15, -0.1) is 0 Å². The van der Waals surface area contributed by atoms with Crippen molar-refractivity contribution in [3.63, 3.8) is 0 Å². The van der Waals surface area contributed by atoms with Gasteiger partial charge in [0.2, 0.25) is 0 Å². The van der Waals surface area contributed by atoms with Crippen LogP contribution in [0.15, 0.2) is 29.6 Å². The highest BCUT2D eigenvalue weighted by Gasteiger charge is 2.16. The summed E-state index contributed by atoms with van der Waals surface area (Å²) in [5.74, 6) is 0.293. The lowest BCUT2D eigenvalue weighted by molar-refractivity contribution is 0.0954. The number of carbonyl (C=O) groups excluding carboxylic acids is 1. The number of hydrogen-bond donors (Lipinski definition) is 1. The number of amides is 1. The molecule has 1 unspecified atom stereocenters. The van der Waals surface area contributed by atoms with Gasteiger partial charge in [-0.05, 0) is 37.3 Å². The highest BCUT2D eigenvalue weighted by molar-refractivity contribution is 5.95. The topological polar surface area (TPSA) is 54.4 Å². The third-order valence-corrected chi connectivity index (χ3v) is 3.11. The maximum atomic E-state index is 11.7. The molecular weight excluding hydrogens is 214 g/mol. The number of nitrogens with zero attached hydrogens (tertiary/aromatic N) is 2. The van der Waals surface area contributed by atoms with Gasteiger partial charge in [0.15, 0.2) is 0 Å². The molecule has 1 N–H and O–H groups in total. The van der Waals surface area contributed by atoms with Gasteiger partial charge < -0.3 is 0 Å². The summed E-state index contributed by atoms with van der Waals surface area (Å²) in [6.07, 6.45) is 7.78. The molecule has 17 heavy (non-hydrogen) atoms. The molecule has 1 aliphatic carbocycles. The Labute approximate surface area is 101 Å². The molecule has 1 aromatic rings. The van der Waals surface area contributed by atoms with Crippen LogP contribution in [-0.2, 0) is 0 Å². The van der Waals surface area contributed by atoms with Crippen LogP contribution in [0.4, 0.5) is 0 Å². The molecule has 1 aliphatic rings. The second-order valence-electron chi connectivity index (χ2n) is 4.43. The zero-order chi connectivity index (χ0) is 12.1. The maximum absolute atomic E-state index is 11.7. The van der Waals surface area contributed by atoms with Crippen LogP contribution in [-0.4, -0.2) is 16.6 Å². The van der Waals surface area contributed by atoms with E-state index in [4.69, 9.17) is 0 Å². The summed E-state index contributed by atoms with van der Waals surface area (Å²) in [7, 11) is 0. The van der Waals surface area contributed by atoms with Crippen molar-refractivity contribution >= 4 is 11.6 Å². The van der Waals surface area contributed by atoms with Crippen LogP contribution in [0.5, 0.6) is 0 Å². The van der Waals surface area contributed by atoms with E-state index in [1.807, 2.05) is 0 Å². The van der Waals surface area contributed by atoms with E-state index in [1.165, 1.54) is 19.3 Å². The van der Waals surface area contributed by atoms with Crippen LogP contribution in [0.25, 0.3) is 0 Å². The monoisotopic (exact) mass is 231 g/mol. The second-order valence-corrected chi connectivity index (χ2v) is 4.43. The standard InChI is InChI=1S/C13H17N3O/c1-10-5-2-3-7-12(10)15-16-13(17)11-6-4-8-14-9-11/h4,6,8-10H,2-3,5,7H2,1H3,(H,16,17). The van der Waals surface area contributed by atoms with Crippen molar-refractivity contribution in [1.29, 1.82) is 0 Å². The summed E-state index contributed by atoms with van der Waals surface area (Å²) in [5, 5.41) is 4.23. The Hall–Kier alpha value is -1.71. The third-order valence-electron chi connectivity index (χ3n) is 3.11. The molecule has 1 aromatic heterocycles. The van der Waals surface area contributed by atoms with Crippen molar-refractivity contribution in [3.05, 3.63) is 30.1 Å². The molecule has 0 aromatic carbocycles. The lowest BCUT2D eigenvalue weighted by Gasteiger charge is -2.19. The Morgan fingerprint density at radius 1 is 1.53 bits per heavy atom. The Morgan fingerprint density at radius 3 is 3.12 bits per heavy atom. The molecule has 0 spiro atoms. The number of nitrogens with one attached hydrogen (secondary N) is 1. The van der Waals surface area contributed by atoms with Gasteiger partial charge in [-0.2, -0.15) is 5.10 Å². The number of aromatic nitrogens is 1. The molecule has 1 fully saturated rings. The molecule has 90 valence electrons. The summed E-state index contributed by atoms with van der Waals surface area (Å²) in [6.45, 7) is 2.16. The normalized spacial score (nSPS) is 22.4. The lowest BCUT2D eigenvalue weighted by Crippen LogP contribution is -2.24. The predicted octanol–water partition coefficient (Wildman–Crippen LogP) is 2.38. The van der Waals surface area contributed by atoms with Crippen LogP contribution in [0.3, 0.4) is 0 Å². The first-order chi connectivity index (χ1) is 8.27. The quantitative estimate of drug-likeness (QED) is 0.794. The maximum Gasteiger partial charge on any atom is 0.272 e. The average molecular weight is 231 g/mol. The average Bonchev–Trinajstić information content (AvgIpc) is 2.38. The van der Waals surface area contributed by atoms with Crippen molar-refractivity contribution in [2.45, 2.75) is 32.6 Å². The van der Waals surface area contributed by atoms with Crippen LogP contribution in [0.1, 0.15) is 43.0 Å². The smallest absolute Gasteiger partial charge is 0.267 e. The van der Waals surface area contributed by atoms with Gasteiger partial charge in [0.25, 0.3) is 5.91 Å². The van der Waals surface area contributed by atoms with Crippen LogP contribution >= 0.6 is 0 Å².